The monoisotopic (exact) mass is 244 g/mol. The van der Waals surface area contributed by atoms with Crippen LogP contribution in [0, 0.1) is 5.92 Å². The molecule has 1 aliphatic carbocycles. The van der Waals surface area contributed by atoms with Gasteiger partial charge in [0.2, 0.25) is 5.91 Å². The van der Waals surface area contributed by atoms with Gasteiger partial charge in [-0.25, -0.2) is 4.79 Å². The molecule has 0 aliphatic heterocycles. The number of carbonyl (C=O) groups excluding carboxylic acids is 1. The maximum atomic E-state index is 11.7. The van der Waals surface area contributed by atoms with Gasteiger partial charge in [-0.15, -0.1) is 0 Å². The fraction of sp³-hybridized carbons (Fsp3) is 0.818. The van der Waals surface area contributed by atoms with E-state index in [0.717, 1.165) is 25.7 Å². The van der Waals surface area contributed by atoms with E-state index in [1.165, 1.54) is 0 Å². The van der Waals surface area contributed by atoms with Gasteiger partial charge in [0.1, 0.15) is 0 Å². The highest BCUT2D eigenvalue weighted by Crippen LogP contribution is 2.23. The summed E-state index contributed by atoms with van der Waals surface area (Å²) >= 11 is 0. The minimum absolute atomic E-state index is 0.0169. The van der Waals surface area contributed by atoms with Gasteiger partial charge in [-0.3, -0.25) is 4.79 Å². The minimum atomic E-state index is -1.41. The van der Waals surface area contributed by atoms with Gasteiger partial charge in [0.25, 0.3) is 0 Å². The van der Waals surface area contributed by atoms with Gasteiger partial charge in [-0.2, -0.15) is 0 Å². The molecule has 5 N–H and O–H groups in total. The van der Waals surface area contributed by atoms with Crippen LogP contribution in [0.2, 0.25) is 0 Å². The molecule has 1 atom stereocenters. The lowest BCUT2D eigenvalue weighted by Gasteiger charge is -2.25. The van der Waals surface area contributed by atoms with E-state index in [1.54, 1.807) is 0 Å². The molecule has 0 aromatic heterocycles. The standard InChI is InChI=1S/C11H20N2O4/c12-8-3-1-7(2-4-8)10(15)13-6-5-9(14)11(16)17/h7-9,14H,1-6,12H2,(H,13,15)(H,16,17)/t7?,8?,9-/m0/s1. The van der Waals surface area contributed by atoms with Crippen LogP contribution in [0.4, 0.5) is 0 Å². The molecule has 1 rings (SSSR count). The second-order valence-corrected chi connectivity index (χ2v) is 4.55. The summed E-state index contributed by atoms with van der Waals surface area (Å²) in [5.74, 6) is -1.34. The first-order valence-corrected chi connectivity index (χ1v) is 5.95. The summed E-state index contributed by atoms with van der Waals surface area (Å²) in [6.07, 6.45) is 1.91. The number of amides is 1. The smallest absolute Gasteiger partial charge is 0.332 e. The van der Waals surface area contributed by atoms with Crippen molar-refractivity contribution in [1.82, 2.24) is 5.32 Å². The van der Waals surface area contributed by atoms with E-state index in [0.29, 0.717) is 0 Å². The molecule has 17 heavy (non-hydrogen) atoms. The highest BCUT2D eigenvalue weighted by molar-refractivity contribution is 5.78. The highest BCUT2D eigenvalue weighted by Gasteiger charge is 2.24. The topological polar surface area (TPSA) is 113 Å². The third-order valence-electron chi connectivity index (χ3n) is 3.14. The number of hydrogen-bond acceptors (Lipinski definition) is 4. The molecule has 0 spiro atoms. The van der Waals surface area contributed by atoms with E-state index >= 15 is 0 Å². The first-order valence-electron chi connectivity index (χ1n) is 5.95. The number of aliphatic carboxylic acids is 1. The van der Waals surface area contributed by atoms with E-state index in [4.69, 9.17) is 15.9 Å². The quantitative estimate of drug-likeness (QED) is 0.518. The van der Waals surface area contributed by atoms with Crippen LogP contribution in [0.25, 0.3) is 0 Å². The molecule has 1 aliphatic rings. The number of rotatable bonds is 5. The molecule has 0 unspecified atom stereocenters. The summed E-state index contributed by atoms with van der Waals surface area (Å²) in [7, 11) is 0. The zero-order valence-corrected chi connectivity index (χ0v) is 9.76. The summed E-state index contributed by atoms with van der Waals surface area (Å²) < 4.78 is 0. The first kappa shape index (κ1) is 13.9. The predicted octanol–water partition coefficient (Wildman–Crippen LogP) is -0.544. The van der Waals surface area contributed by atoms with Gasteiger partial charge in [-0.1, -0.05) is 0 Å². The summed E-state index contributed by atoms with van der Waals surface area (Å²) in [5.41, 5.74) is 5.74. The molecule has 6 nitrogen and oxygen atoms in total. The first-order chi connectivity index (χ1) is 8.00. The van der Waals surface area contributed by atoms with E-state index < -0.39 is 12.1 Å². The van der Waals surface area contributed by atoms with E-state index in [9.17, 15) is 9.59 Å². The van der Waals surface area contributed by atoms with Gasteiger partial charge in [0.05, 0.1) is 0 Å². The highest BCUT2D eigenvalue weighted by atomic mass is 16.4. The summed E-state index contributed by atoms with van der Waals surface area (Å²) in [6, 6.07) is 0.202. The van der Waals surface area contributed by atoms with E-state index in [-0.39, 0.29) is 30.8 Å². The Morgan fingerprint density at radius 3 is 2.41 bits per heavy atom. The molecule has 1 fully saturated rings. The average Bonchev–Trinajstić information content (AvgIpc) is 2.29. The van der Waals surface area contributed by atoms with Gasteiger partial charge in [0, 0.05) is 24.9 Å². The lowest BCUT2D eigenvalue weighted by Crippen LogP contribution is -2.37. The Bertz CT molecular complexity index is 275. The molecule has 0 aromatic carbocycles. The molecule has 6 heteroatoms. The fourth-order valence-corrected chi connectivity index (χ4v) is 1.98. The number of aliphatic hydroxyl groups is 1. The van der Waals surface area contributed by atoms with Crippen LogP contribution in [-0.2, 0) is 9.59 Å². The summed E-state index contributed by atoms with van der Waals surface area (Å²) in [6.45, 7) is 0.189. The molecule has 1 amide bonds. The van der Waals surface area contributed by atoms with Crippen LogP contribution in [-0.4, -0.2) is 40.8 Å². The molecule has 0 saturated heterocycles. The largest absolute Gasteiger partial charge is 0.479 e. The number of aliphatic hydroxyl groups excluding tert-OH is 1. The number of hydrogen-bond donors (Lipinski definition) is 4. The van der Waals surface area contributed by atoms with Crippen LogP contribution >= 0.6 is 0 Å². The minimum Gasteiger partial charge on any atom is -0.479 e. The van der Waals surface area contributed by atoms with E-state index in [2.05, 4.69) is 5.32 Å². The van der Waals surface area contributed by atoms with Crippen molar-refractivity contribution in [2.75, 3.05) is 6.54 Å². The fourth-order valence-electron chi connectivity index (χ4n) is 1.98. The van der Waals surface area contributed by atoms with Crippen LogP contribution in [0.1, 0.15) is 32.1 Å². The van der Waals surface area contributed by atoms with Crippen molar-refractivity contribution in [3.8, 4) is 0 Å². The zero-order chi connectivity index (χ0) is 12.8. The Balaban J connectivity index is 2.19. The van der Waals surface area contributed by atoms with Crippen molar-refractivity contribution in [2.45, 2.75) is 44.2 Å². The Morgan fingerprint density at radius 1 is 1.29 bits per heavy atom. The lowest BCUT2D eigenvalue weighted by atomic mass is 9.86. The van der Waals surface area contributed by atoms with Crippen molar-refractivity contribution >= 4 is 11.9 Å². The van der Waals surface area contributed by atoms with Gasteiger partial charge < -0.3 is 21.3 Å². The van der Waals surface area contributed by atoms with Crippen molar-refractivity contribution in [1.29, 1.82) is 0 Å². The molecule has 98 valence electrons. The zero-order valence-electron chi connectivity index (χ0n) is 9.76. The normalized spacial score (nSPS) is 26.2. The third-order valence-corrected chi connectivity index (χ3v) is 3.14. The number of nitrogens with one attached hydrogen (secondary N) is 1. The number of nitrogens with two attached hydrogens (primary N) is 1. The average molecular weight is 244 g/mol. The van der Waals surface area contributed by atoms with Gasteiger partial charge in [-0.05, 0) is 25.7 Å². The molecule has 0 aromatic rings. The van der Waals surface area contributed by atoms with Crippen molar-refractivity contribution in [3.05, 3.63) is 0 Å². The number of carboxylic acid groups (broad SMARTS) is 1. The van der Waals surface area contributed by atoms with Crippen LogP contribution in [0.15, 0.2) is 0 Å². The maximum absolute atomic E-state index is 11.7. The van der Waals surface area contributed by atoms with Crippen molar-refractivity contribution < 1.29 is 19.8 Å². The van der Waals surface area contributed by atoms with Gasteiger partial charge in [0.15, 0.2) is 6.10 Å². The second-order valence-electron chi connectivity index (χ2n) is 4.55. The summed E-state index contributed by atoms with van der Waals surface area (Å²) in [4.78, 5) is 22.0. The predicted molar refractivity (Wildman–Crippen MR) is 61.2 cm³/mol. The molecular formula is C11H20N2O4. The molecule has 0 bridgehead atoms. The van der Waals surface area contributed by atoms with E-state index in [1.807, 2.05) is 0 Å². The van der Waals surface area contributed by atoms with Crippen molar-refractivity contribution in [2.24, 2.45) is 11.7 Å². The Labute approximate surface area is 100 Å². The molecular weight excluding hydrogens is 224 g/mol. The van der Waals surface area contributed by atoms with Crippen LogP contribution < -0.4 is 11.1 Å². The number of carboxylic acids is 1. The molecule has 0 radical (unpaired) electrons. The summed E-state index contributed by atoms with van der Waals surface area (Å²) in [5, 5.41) is 20.1. The third kappa shape index (κ3) is 4.70. The number of carbonyl (C=O) groups is 2. The second kappa shape index (κ2) is 6.56. The van der Waals surface area contributed by atoms with Crippen LogP contribution in [0.5, 0.6) is 0 Å². The van der Waals surface area contributed by atoms with Crippen molar-refractivity contribution in [3.63, 3.8) is 0 Å². The molecule has 0 heterocycles. The Hall–Kier alpha value is -1.14. The van der Waals surface area contributed by atoms with Gasteiger partial charge >= 0.3 is 5.97 Å². The lowest BCUT2D eigenvalue weighted by molar-refractivity contribution is -0.147. The Kier molecular flexibility index (Phi) is 5.37. The Morgan fingerprint density at radius 2 is 1.88 bits per heavy atom. The van der Waals surface area contributed by atoms with Crippen LogP contribution in [0.3, 0.4) is 0 Å². The SMILES string of the molecule is NC1CCC(C(=O)NCC[C@H](O)C(=O)O)CC1. The molecule has 1 saturated carbocycles. The maximum Gasteiger partial charge on any atom is 0.332 e.